The first kappa shape index (κ1) is 22.2. The second-order valence-electron chi connectivity index (χ2n) is 7.07. The van der Waals surface area contributed by atoms with Crippen molar-refractivity contribution in [2.45, 2.75) is 11.8 Å². The first-order valence-corrected chi connectivity index (χ1v) is 11.7. The Labute approximate surface area is 191 Å². The fourth-order valence-corrected chi connectivity index (χ4v) is 4.91. The Morgan fingerprint density at radius 3 is 2.39 bits per heavy atom. The summed E-state index contributed by atoms with van der Waals surface area (Å²) >= 11 is 0. The van der Waals surface area contributed by atoms with Crippen LogP contribution in [0.3, 0.4) is 0 Å². The van der Waals surface area contributed by atoms with E-state index in [9.17, 15) is 13.2 Å². The molecule has 33 heavy (non-hydrogen) atoms. The van der Waals surface area contributed by atoms with Gasteiger partial charge in [0.25, 0.3) is 15.9 Å². The third-order valence-corrected chi connectivity index (χ3v) is 6.92. The number of carbonyl (C=O) groups excluding carboxylic acids is 1. The van der Waals surface area contributed by atoms with Gasteiger partial charge in [0, 0.05) is 6.54 Å². The van der Waals surface area contributed by atoms with Crippen molar-refractivity contribution in [1.82, 2.24) is 9.97 Å². The van der Waals surface area contributed by atoms with Crippen LogP contribution in [-0.2, 0) is 10.0 Å². The number of benzene rings is 3. The fourth-order valence-electron chi connectivity index (χ4n) is 3.41. The number of hydrogen-bond donors (Lipinski definition) is 1. The Hall–Kier alpha value is -3.98. The topological polar surface area (TPSA) is 101 Å². The first-order chi connectivity index (χ1) is 15.9. The summed E-state index contributed by atoms with van der Waals surface area (Å²) in [6.45, 7) is 2.00. The van der Waals surface area contributed by atoms with Gasteiger partial charge in [0.2, 0.25) is 0 Å². The van der Waals surface area contributed by atoms with Crippen LogP contribution in [0.4, 0.5) is 11.4 Å². The van der Waals surface area contributed by atoms with Gasteiger partial charge in [-0.05, 0) is 49.4 Å². The molecule has 9 heteroatoms. The van der Waals surface area contributed by atoms with E-state index in [1.165, 1.54) is 35.8 Å². The highest BCUT2D eigenvalue weighted by Crippen LogP contribution is 2.31. The molecule has 0 atom stereocenters. The molecular formula is C24H22N4O4S. The van der Waals surface area contributed by atoms with Gasteiger partial charge in [0.05, 0.1) is 40.6 Å². The molecule has 1 N–H and O–H groups in total. The maximum atomic E-state index is 13.4. The molecule has 4 rings (SSSR count). The minimum Gasteiger partial charge on any atom is -0.495 e. The van der Waals surface area contributed by atoms with E-state index in [-0.39, 0.29) is 22.8 Å². The molecule has 3 aromatic carbocycles. The van der Waals surface area contributed by atoms with Gasteiger partial charge in [-0.3, -0.25) is 14.1 Å². The molecule has 0 saturated heterocycles. The van der Waals surface area contributed by atoms with E-state index in [1.54, 1.807) is 43.3 Å². The molecule has 0 aliphatic rings. The van der Waals surface area contributed by atoms with Crippen molar-refractivity contribution in [1.29, 1.82) is 0 Å². The van der Waals surface area contributed by atoms with Crippen molar-refractivity contribution >= 4 is 38.3 Å². The maximum absolute atomic E-state index is 13.4. The third-order valence-electron chi connectivity index (χ3n) is 5.02. The van der Waals surface area contributed by atoms with E-state index in [1.807, 2.05) is 18.2 Å². The summed E-state index contributed by atoms with van der Waals surface area (Å²) in [5.41, 5.74) is 2.11. The van der Waals surface area contributed by atoms with Crippen molar-refractivity contribution < 1.29 is 17.9 Å². The molecule has 8 nitrogen and oxygen atoms in total. The van der Waals surface area contributed by atoms with Crippen LogP contribution in [0.2, 0.25) is 0 Å². The lowest BCUT2D eigenvalue weighted by molar-refractivity contribution is 0.102. The number of nitrogens with one attached hydrogen (secondary N) is 1. The standard InChI is InChI=1S/C24H22N4O4S/c1-3-28(17-9-5-4-6-10-17)33(30,31)18-13-14-23(32-2)21(15-18)27-24(29)22-16-25-19-11-7-8-12-20(19)26-22/h4-16H,3H2,1-2H3,(H,27,29). The van der Waals surface area contributed by atoms with E-state index in [0.29, 0.717) is 22.5 Å². The van der Waals surface area contributed by atoms with Crippen molar-refractivity contribution in [2.24, 2.45) is 0 Å². The Morgan fingerprint density at radius 1 is 1.00 bits per heavy atom. The molecule has 0 aliphatic carbocycles. The number of ether oxygens (including phenoxy) is 1. The minimum atomic E-state index is -3.88. The molecule has 0 unspecified atom stereocenters. The summed E-state index contributed by atoms with van der Waals surface area (Å²) in [5, 5.41) is 2.70. The number of methoxy groups -OCH3 is 1. The highest BCUT2D eigenvalue weighted by molar-refractivity contribution is 7.92. The molecule has 0 bridgehead atoms. The first-order valence-electron chi connectivity index (χ1n) is 10.2. The van der Waals surface area contributed by atoms with Crippen LogP contribution in [0.5, 0.6) is 5.75 Å². The number of para-hydroxylation sites is 3. The molecule has 0 aliphatic heterocycles. The molecule has 0 fully saturated rings. The number of aromatic nitrogens is 2. The Morgan fingerprint density at radius 2 is 1.70 bits per heavy atom. The van der Waals surface area contributed by atoms with Crippen LogP contribution < -0.4 is 14.4 Å². The van der Waals surface area contributed by atoms with Crippen LogP contribution in [0.25, 0.3) is 11.0 Å². The van der Waals surface area contributed by atoms with E-state index in [0.717, 1.165) is 0 Å². The van der Waals surface area contributed by atoms with Crippen molar-refractivity contribution in [3.8, 4) is 5.75 Å². The zero-order chi connectivity index (χ0) is 23.4. The average Bonchev–Trinajstić information content (AvgIpc) is 2.84. The highest BCUT2D eigenvalue weighted by atomic mass is 32.2. The summed E-state index contributed by atoms with van der Waals surface area (Å²) in [5.74, 6) is -0.213. The van der Waals surface area contributed by atoms with Crippen molar-refractivity contribution in [2.75, 3.05) is 23.3 Å². The van der Waals surface area contributed by atoms with Crippen LogP contribution in [-0.4, -0.2) is 37.9 Å². The van der Waals surface area contributed by atoms with Gasteiger partial charge in [0.15, 0.2) is 0 Å². The van der Waals surface area contributed by atoms with E-state index in [4.69, 9.17) is 4.74 Å². The summed E-state index contributed by atoms with van der Waals surface area (Å²) in [7, 11) is -2.44. The average molecular weight is 463 g/mol. The molecule has 1 amide bonds. The van der Waals surface area contributed by atoms with Gasteiger partial charge < -0.3 is 10.1 Å². The lowest BCUT2D eigenvalue weighted by Gasteiger charge is -2.23. The molecule has 1 aromatic heterocycles. The number of anilines is 2. The van der Waals surface area contributed by atoms with Crippen LogP contribution in [0.15, 0.2) is 83.9 Å². The second kappa shape index (κ2) is 9.25. The number of amides is 1. The smallest absolute Gasteiger partial charge is 0.275 e. The second-order valence-corrected chi connectivity index (χ2v) is 8.93. The third kappa shape index (κ3) is 4.49. The Balaban J connectivity index is 1.68. The molecule has 1 heterocycles. The van der Waals surface area contributed by atoms with Crippen LogP contribution in [0, 0.1) is 0 Å². The number of rotatable bonds is 7. The molecule has 0 saturated carbocycles. The summed E-state index contributed by atoms with van der Waals surface area (Å²) in [4.78, 5) is 21.5. The molecule has 0 spiro atoms. The number of sulfonamides is 1. The van der Waals surface area contributed by atoms with Gasteiger partial charge in [-0.15, -0.1) is 0 Å². The number of fused-ring (bicyclic) bond motifs is 1. The Kier molecular flexibility index (Phi) is 6.23. The largest absolute Gasteiger partial charge is 0.495 e. The van der Waals surface area contributed by atoms with Crippen molar-refractivity contribution in [3.63, 3.8) is 0 Å². The highest BCUT2D eigenvalue weighted by Gasteiger charge is 2.25. The van der Waals surface area contributed by atoms with Gasteiger partial charge in [0.1, 0.15) is 11.4 Å². The van der Waals surface area contributed by atoms with Gasteiger partial charge in [-0.2, -0.15) is 0 Å². The number of carbonyl (C=O) groups is 1. The van der Waals surface area contributed by atoms with Gasteiger partial charge in [-0.25, -0.2) is 13.4 Å². The zero-order valence-corrected chi connectivity index (χ0v) is 18.9. The lowest BCUT2D eigenvalue weighted by Crippen LogP contribution is -2.30. The number of hydrogen-bond acceptors (Lipinski definition) is 6. The monoisotopic (exact) mass is 462 g/mol. The number of nitrogens with zero attached hydrogens (tertiary/aromatic N) is 3. The van der Waals surface area contributed by atoms with Crippen LogP contribution in [0.1, 0.15) is 17.4 Å². The molecule has 4 aromatic rings. The van der Waals surface area contributed by atoms with E-state index >= 15 is 0 Å². The molecular weight excluding hydrogens is 440 g/mol. The molecule has 168 valence electrons. The fraction of sp³-hybridized carbons (Fsp3) is 0.125. The maximum Gasteiger partial charge on any atom is 0.275 e. The quantitative estimate of drug-likeness (QED) is 0.444. The molecule has 0 radical (unpaired) electrons. The summed E-state index contributed by atoms with van der Waals surface area (Å²) < 4.78 is 33.4. The zero-order valence-electron chi connectivity index (χ0n) is 18.1. The van der Waals surface area contributed by atoms with E-state index in [2.05, 4.69) is 15.3 Å². The summed E-state index contributed by atoms with van der Waals surface area (Å²) in [6.07, 6.45) is 1.37. The predicted octanol–water partition coefficient (Wildman–Crippen LogP) is 4.11. The van der Waals surface area contributed by atoms with Gasteiger partial charge >= 0.3 is 0 Å². The lowest BCUT2D eigenvalue weighted by atomic mass is 10.2. The van der Waals surface area contributed by atoms with Crippen molar-refractivity contribution in [3.05, 3.63) is 84.7 Å². The van der Waals surface area contributed by atoms with Crippen LogP contribution >= 0.6 is 0 Å². The SMILES string of the molecule is CCN(c1ccccc1)S(=O)(=O)c1ccc(OC)c(NC(=O)c2cnc3ccccc3n2)c1. The minimum absolute atomic E-state index is 0.0221. The normalized spacial score (nSPS) is 11.2. The summed E-state index contributed by atoms with van der Waals surface area (Å²) in [6, 6.07) is 20.4. The Bertz CT molecular complexity index is 1410. The van der Waals surface area contributed by atoms with Gasteiger partial charge in [-0.1, -0.05) is 30.3 Å². The predicted molar refractivity (Wildman–Crippen MR) is 127 cm³/mol. The van der Waals surface area contributed by atoms with E-state index < -0.39 is 15.9 Å².